The van der Waals surface area contributed by atoms with E-state index in [-0.39, 0.29) is 0 Å². The second kappa shape index (κ2) is 11.7. The molecule has 0 amide bonds. The fourth-order valence-electron chi connectivity index (χ4n) is 7.86. The molecule has 4 nitrogen and oxygen atoms in total. The zero-order chi connectivity index (χ0) is 34.9. The van der Waals surface area contributed by atoms with Crippen LogP contribution in [-0.4, -0.2) is 15.0 Å². The highest BCUT2D eigenvalue weighted by Gasteiger charge is 2.18. The lowest BCUT2D eigenvalue weighted by Gasteiger charge is -2.12. The van der Waals surface area contributed by atoms with Crippen molar-refractivity contribution in [2.75, 3.05) is 0 Å². The Morgan fingerprint density at radius 1 is 0.302 bits per heavy atom. The molecule has 0 radical (unpaired) electrons. The van der Waals surface area contributed by atoms with E-state index in [1.807, 2.05) is 30.3 Å². The molecule has 0 N–H and O–H groups in total. The highest BCUT2D eigenvalue weighted by atomic mass is 16.3. The third kappa shape index (κ3) is 4.88. The van der Waals surface area contributed by atoms with Crippen LogP contribution in [0.25, 0.3) is 110 Å². The Morgan fingerprint density at radius 2 is 0.868 bits per heavy atom. The minimum Gasteiger partial charge on any atom is -0.456 e. The number of hydrogen-bond donors (Lipinski definition) is 0. The summed E-state index contributed by atoms with van der Waals surface area (Å²) in [4.78, 5) is 15.6. The van der Waals surface area contributed by atoms with Crippen LogP contribution in [-0.2, 0) is 0 Å². The second-order valence-corrected chi connectivity index (χ2v) is 13.6. The van der Waals surface area contributed by atoms with E-state index in [0.29, 0.717) is 17.5 Å². The van der Waals surface area contributed by atoms with Crippen molar-refractivity contribution >= 4 is 65.0 Å². The van der Waals surface area contributed by atoms with Crippen LogP contribution < -0.4 is 0 Å². The standard InChI is InChI=1S/C49H29N3O/c1-2-10-36-28-37(26-18-30(36)8-1)31-16-24-35(25-17-31)47-50-48(52-49(51-47)41-13-7-15-44-46(41)40-12-5-6-14-43(40)53-44)38-27-21-33-20-23-34-22-19-32-9-3-4-11-39(32)45(34)42(33)29-38/h1-29H. The van der Waals surface area contributed by atoms with E-state index in [1.54, 1.807) is 0 Å². The number of hydrogen-bond acceptors (Lipinski definition) is 4. The number of nitrogens with zero attached hydrogens (tertiary/aromatic N) is 3. The predicted octanol–water partition coefficient (Wildman–Crippen LogP) is 13.1. The first-order valence-electron chi connectivity index (χ1n) is 17.8. The van der Waals surface area contributed by atoms with Crippen molar-refractivity contribution < 1.29 is 4.42 Å². The summed E-state index contributed by atoms with van der Waals surface area (Å²) in [5.41, 5.74) is 6.69. The molecule has 0 aliphatic carbocycles. The summed E-state index contributed by atoms with van der Waals surface area (Å²) in [5, 5.41) is 11.7. The molecular weight excluding hydrogens is 647 g/mol. The maximum Gasteiger partial charge on any atom is 0.164 e. The Bertz CT molecular complexity index is 3230. The van der Waals surface area contributed by atoms with E-state index in [1.165, 1.54) is 48.7 Å². The van der Waals surface area contributed by atoms with Crippen molar-refractivity contribution in [1.82, 2.24) is 15.0 Å². The summed E-state index contributed by atoms with van der Waals surface area (Å²) in [6.45, 7) is 0. The molecule has 0 fully saturated rings. The first kappa shape index (κ1) is 29.5. The van der Waals surface area contributed by atoms with Gasteiger partial charge in [-0.05, 0) is 78.5 Å². The monoisotopic (exact) mass is 675 g/mol. The summed E-state index contributed by atoms with van der Waals surface area (Å²) < 4.78 is 6.28. The first-order chi connectivity index (χ1) is 26.2. The molecule has 0 bridgehead atoms. The molecule has 4 heteroatoms. The molecule has 246 valence electrons. The predicted molar refractivity (Wildman–Crippen MR) is 219 cm³/mol. The third-order valence-corrected chi connectivity index (χ3v) is 10.5. The molecule has 0 saturated heterocycles. The van der Waals surface area contributed by atoms with E-state index in [0.717, 1.165) is 44.2 Å². The lowest BCUT2D eigenvalue weighted by Crippen LogP contribution is -2.00. The molecule has 0 aliphatic rings. The van der Waals surface area contributed by atoms with Gasteiger partial charge in [0.15, 0.2) is 17.5 Å². The SMILES string of the molecule is c1ccc2cc(-c3ccc(-c4nc(-c5ccc6ccc7ccc8ccccc8c7c6c5)nc(-c5cccc6oc7ccccc7c56)n4)cc3)ccc2c1. The molecule has 0 atom stereocenters. The molecule has 2 heterocycles. The van der Waals surface area contributed by atoms with Crippen LogP contribution in [0.2, 0.25) is 0 Å². The summed E-state index contributed by atoms with van der Waals surface area (Å²) >= 11 is 0. The van der Waals surface area contributed by atoms with Crippen molar-refractivity contribution in [3.8, 4) is 45.3 Å². The van der Waals surface area contributed by atoms with Gasteiger partial charge in [-0.25, -0.2) is 15.0 Å². The van der Waals surface area contributed by atoms with Crippen LogP contribution >= 0.6 is 0 Å². The van der Waals surface area contributed by atoms with Gasteiger partial charge < -0.3 is 4.42 Å². The Morgan fingerprint density at radius 3 is 1.72 bits per heavy atom. The summed E-state index contributed by atoms with van der Waals surface area (Å²) in [5.74, 6) is 1.83. The lowest BCUT2D eigenvalue weighted by atomic mass is 9.95. The normalized spacial score (nSPS) is 11.8. The van der Waals surface area contributed by atoms with Gasteiger partial charge in [-0.15, -0.1) is 0 Å². The number of benzene rings is 9. The molecule has 11 aromatic rings. The maximum absolute atomic E-state index is 6.28. The van der Waals surface area contributed by atoms with Crippen LogP contribution in [0.3, 0.4) is 0 Å². The van der Waals surface area contributed by atoms with Crippen LogP contribution in [0.1, 0.15) is 0 Å². The summed E-state index contributed by atoms with van der Waals surface area (Å²) in [6.07, 6.45) is 0. The Hall–Kier alpha value is -7.17. The van der Waals surface area contributed by atoms with Crippen molar-refractivity contribution in [2.24, 2.45) is 0 Å². The third-order valence-electron chi connectivity index (χ3n) is 10.5. The molecule has 0 aliphatic heterocycles. The number of para-hydroxylation sites is 1. The fourth-order valence-corrected chi connectivity index (χ4v) is 7.86. The van der Waals surface area contributed by atoms with Crippen LogP contribution in [0.15, 0.2) is 180 Å². The van der Waals surface area contributed by atoms with Gasteiger partial charge in [-0.2, -0.15) is 0 Å². The number of furan rings is 1. The zero-order valence-corrected chi connectivity index (χ0v) is 28.5. The van der Waals surface area contributed by atoms with Gasteiger partial charge in [0.05, 0.1) is 0 Å². The first-order valence-corrected chi connectivity index (χ1v) is 17.8. The Labute approximate surface area is 304 Å². The lowest BCUT2D eigenvalue weighted by molar-refractivity contribution is 0.669. The maximum atomic E-state index is 6.28. The molecule has 53 heavy (non-hydrogen) atoms. The number of rotatable bonds is 4. The molecule has 11 rings (SSSR count). The minimum absolute atomic E-state index is 0.601. The second-order valence-electron chi connectivity index (χ2n) is 13.6. The van der Waals surface area contributed by atoms with Gasteiger partial charge in [0.25, 0.3) is 0 Å². The van der Waals surface area contributed by atoms with Crippen molar-refractivity contribution in [1.29, 1.82) is 0 Å². The highest BCUT2D eigenvalue weighted by molar-refractivity contribution is 6.20. The van der Waals surface area contributed by atoms with Gasteiger partial charge in [0, 0.05) is 27.5 Å². The van der Waals surface area contributed by atoms with Gasteiger partial charge >= 0.3 is 0 Å². The molecule has 0 saturated carbocycles. The topological polar surface area (TPSA) is 51.8 Å². The molecular formula is C49H29N3O. The molecule has 2 aromatic heterocycles. The van der Waals surface area contributed by atoms with Crippen LogP contribution in [0, 0.1) is 0 Å². The number of fused-ring (bicyclic) bond motifs is 9. The fraction of sp³-hybridized carbons (Fsp3) is 0. The molecule has 0 unspecified atom stereocenters. The smallest absolute Gasteiger partial charge is 0.164 e. The van der Waals surface area contributed by atoms with Crippen molar-refractivity contribution in [3.63, 3.8) is 0 Å². The summed E-state index contributed by atoms with van der Waals surface area (Å²) in [6, 6.07) is 61.8. The average molecular weight is 676 g/mol. The van der Waals surface area contributed by atoms with E-state index in [4.69, 9.17) is 19.4 Å². The quantitative estimate of drug-likeness (QED) is 0.174. The Balaban J connectivity index is 1.12. The Kier molecular flexibility index (Phi) is 6.52. The number of aromatic nitrogens is 3. The van der Waals surface area contributed by atoms with Crippen LogP contribution in [0.5, 0.6) is 0 Å². The average Bonchev–Trinajstić information content (AvgIpc) is 3.62. The molecule has 0 spiro atoms. The molecule has 9 aromatic carbocycles. The van der Waals surface area contributed by atoms with Crippen molar-refractivity contribution in [3.05, 3.63) is 176 Å². The van der Waals surface area contributed by atoms with Gasteiger partial charge in [-0.1, -0.05) is 152 Å². The van der Waals surface area contributed by atoms with E-state index in [2.05, 4.69) is 146 Å². The summed E-state index contributed by atoms with van der Waals surface area (Å²) in [7, 11) is 0. The largest absolute Gasteiger partial charge is 0.456 e. The zero-order valence-electron chi connectivity index (χ0n) is 28.5. The van der Waals surface area contributed by atoms with Crippen LogP contribution in [0.4, 0.5) is 0 Å². The minimum atomic E-state index is 0.601. The highest BCUT2D eigenvalue weighted by Crippen LogP contribution is 2.38. The van der Waals surface area contributed by atoms with Crippen molar-refractivity contribution in [2.45, 2.75) is 0 Å². The van der Waals surface area contributed by atoms with Gasteiger partial charge in [0.2, 0.25) is 0 Å². The van der Waals surface area contributed by atoms with E-state index in [9.17, 15) is 0 Å². The van der Waals surface area contributed by atoms with Gasteiger partial charge in [0.1, 0.15) is 11.2 Å². The van der Waals surface area contributed by atoms with E-state index >= 15 is 0 Å². The van der Waals surface area contributed by atoms with E-state index < -0.39 is 0 Å². The van der Waals surface area contributed by atoms with Gasteiger partial charge in [-0.3, -0.25) is 0 Å².